The van der Waals surface area contributed by atoms with E-state index in [0.29, 0.717) is 47.9 Å². The number of fused-ring (bicyclic) bond motifs is 3. The van der Waals surface area contributed by atoms with Crippen LogP contribution in [0, 0.1) is 23.2 Å². The fourth-order valence-corrected chi connectivity index (χ4v) is 5.56. The Kier molecular flexibility index (Phi) is 7.49. The lowest BCUT2D eigenvalue weighted by Gasteiger charge is -2.32. The van der Waals surface area contributed by atoms with Gasteiger partial charge < -0.3 is 9.64 Å². The molecule has 1 aliphatic heterocycles. The molecule has 0 spiro atoms. The Labute approximate surface area is 238 Å². The average Bonchev–Trinajstić information content (AvgIpc) is 3.36. The predicted octanol–water partition coefficient (Wildman–Crippen LogP) is 4.77. The molecule has 9 nitrogen and oxygen atoms in total. The zero-order chi connectivity index (χ0) is 28.3. The number of hydrogen-bond donors (Lipinski definition) is 0. The molecule has 5 aromatic rings. The van der Waals surface area contributed by atoms with Crippen LogP contribution in [0.2, 0.25) is 0 Å². The summed E-state index contributed by atoms with van der Waals surface area (Å²) < 4.78 is 9.52. The lowest BCUT2D eigenvalue weighted by atomic mass is 9.97. The highest BCUT2D eigenvalue weighted by Gasteiger charge is 2.20. The van der Waals surface area contributed by atoms with E-state index in [2.05, 4.69) is 39.8 Å². The van der Waals surface area contributed by atoms with E-state index in [-0.39, 0.29) is 5.56 Å². The molecule has 4 heterocycles. The third kappa shape index (κ3) is 5.83. The van der Waals surface area contributed by atoms with Crippen molar-refractivity contribution in [2.45, 2.75) is 33.2 Å². The maximum absolute atomic E-state index is 12.9. The summed E-state index contributed by atoms with van der Waals surface area (Å²) in [6, 6.07) is 16.9. The lowest BCUT2D eigenvalue weighted by molar-refractivity contribution is 0.131. The van der Waals surface area contributed by atoms with E-state index in [4.69, 9.17) is 4.74 Å². The van der Waals surface area contributed by atoms with Crippen molar-refractivity contribution in [2.75, 3.05) is 26.2 Å². The lowest BCUT2D eigenvalue weighted by Crippen LogP contribution is -2.37. The summed E-state index contributed by atoms with van der Waals surface area (Å²) in [6.07, 6.45) is 7.49. The molecule has 0 atom stereocenters. The first-order valence-corrected chi connectivity index (χ1v) is 14.1. The van der Waals surface area contributed by atoms with Crippen LogP contribution in [0.4, 0.5) is 0 Å². The van der Waals surface area contributed by atoms with E-state index in [1.54, 1.807) is 41.4 Å². The summed E-state index contributed by atoms with van der Waals surface area (Å²) >= 11 is 0. The molecule has 0 saturated carbocycles. The zero-order valence-corrected chi connectivity index (χ0v) is 23.4. The van der Waals surface area contributed by atoms with Crippen LogP contribution in [-0.2, 0) is 6.54 Å². The Morgan fingerprint density at radius 2 is 1.88 bits per heavy atom. The molecule has 0 N–H and O–H groups in total. The van der Waals surface area contributed by atoms with Crippen molar-refractivity contribution in [3.05, 3.63) is 88.6 Å². The van der Waals surface area contributed by atoms with Gasteiger partial charge in [0.2, 0.25) is 5.78 Å². The molecule has 0 aliphatic carbocycles. The highest BCUT2D eigenvalue weighted by Crippen LogP contribution is 2.23. The number of piperidine rings is 1. The molecule has 41 heavy (non-hydrogen) atoms. The van der Waals surface area contributed by atoms with Crippen LogP contribution in [0.3, 0.4) is 0 Å². The van der Waals surface area contributed by atoms with Crippen molar-refractivity contribution in [1.82, 2.24) is 28.8 Å². The number of hydrogen-bond acceptors (Lipinski definition) is 7. The van der Waals surface area contributed by atoms with Gasteiger partial charge in [0.15, 0.2) is 11.6 Å². The smallest absolute Gasteiger partial charge is 0.255 e. The van der Waals surface area contributed by atoms with E-state index >= 15 is 0 Å². The molecule has 1 saturated heterocycles. The van der Waals surface area contributed by atoms with Gasteiger partial charge in [-0.1, -0.05) is 32.0 Å². The van der Waals surface area contributed by atoms with E-state index in [0.717, 1.165) is 48.1 Å². The molecular weight excluding hydrogens is 514 g/mol. The average molecular weight is 548 g/mol. The van der Waals surface area contributed by atoms with Gasteiger partial charge in [0.05, 0.1) is 48.2 Å². The van der Waals surface area contributed by atoms with E-state index in [1.807, 2.05) is 28.7 Å². The van der Waals surface area contributed by atoms with Crippen LogP contribution in [0.15, 0.2) is 71.9 Å². The van der Waals surface area contributed by atoms with Gasteiger partial charge in [-0.15, -0.1) is 0 Å². The van der Waals surface area contributed by atoms with Crippen molar-refractivity contribution in [3.8, 4) is 23.2 Å². The van der Waals surface area contributed by atoms with Gasteiger partial charge in [0.25, 0.3) is 5.56 Å². The number of ether oxygens (including phenoxy) is 1. The molecule has 208 valence electrons. The van der Waals surface area contributed by atoms with Gasteiger partial charge in [0.1, 0.15) is 0 Å². The molecule has 2 aromatic carbocycles. The van der Waals surface area contributed by atoms with Gasteiger partial charge in [-0.3, -0.25) is 13.8 Å². The van der Waals surface area contributed by atoms with E-state index in [9.17, 15) is 10.1 Å². The molecule has 1 fully saturated rings. The normalized spacial score (nSPS) is 14.6. The van der Waals surface area contributed by atoms with Crippen LogP contribution in [0.5, 0.6) is 5.75 Å². The molecule has 1 aliphatic rings. The molecule has 0 radical (unpaired) electrons. The van der Waals surface area contributed by atoms with Crippen LogP contribution < -0.4 is 10.3 Å². The van der Waals surface area contributed by atoms with Crippen molar-refractivity contribution < 1.29 is 4.74 Å². The van der Waals surface area contributed by atoms with E-state index in [1.165, 1.54) is 12.6 Å². The summed E-state index contributed by atoms with van der Waals surface area (Å²) in [5.74, 6) is 3.06. The third-order valence-electron chi connectivity index (χ3n) is 7.64. The fraction of sp³-hybridized carbons (Fsp3) is 0.344. The van der Waals surface area contributed by atoms with Gasteiger partial charge >= 0.3 is 0 Å². The Balaban J connectivity index is 1.15. The number of aromatic nitrogens is 5. The number of benzene rings is 2. The molecule has 9 heteroatoms. The van der Waals surface area contributed by atoms with Crippen LogP contribution in [0.25, 0.3) is 28.2 Å². The number of nitrogens with zero attached hydrogens (tertiary/aromatic N) is 7. The molecule has 6 rings (SSSR count). The molecular formula is C32H33N7O2. The Morgan fingerprint density at radius 3 is 2.63 bits per heavy atom. The van der Waals surface area contributed by atoms with Crippen molar-refractivity contribution in [2.24, 2.45) is 11.8 Å². The fourth-order valence-electron chi connectivity index (χ4n) is 5.56. The number of rotatable bonds is 8. The summed E-state index contributed by atoms with van der Waals surface area (Å²) in [5, 5.41) is 9.29. The van der Waals surface area contributed by atoms with Gasteiger partial charge in [0, 0.05) is 24.4 Å². The largest absolute Gasteiger partial charge is 0.490 e. The second-order valence-corrected chi connectivity index (χ2v) is 11.2. The van der Waals surface area contributed by atoms with Crippen molar-refractivity contribution in [1.29, 1.82) is 5.26 Å². The maximum atomic E-state index is 12.9. The molecule has 3 aromatic heterocycles. The summed E-state index contributed by atoms with van der Waals surface area (Å²) in [4.78, 5) is 29.2. The first-order valence-electron chi connectivity index (χ1n) is 14.1. The first kappa shape index (κ1) is 26.7. The number of likely N-dealkylation sites (tertiary alicyclic amines) is 1. The summed E-state index contributed by atoms with van der Waals surface area (Å²) in [5.41, 5.74) is 3.69. The highest BCUT2D eigenvalue weighted by atomic mass is 16.5. The van der Waals surface area contributed by atoms with Gasteiger partial charge in [-0.2, -0.15) is 5.26 Å². The maximum Gasteiger partial charge on any atom is 0.255 e. The van der Waals surface area contributed by atoms with Gasteiger partial charge in [-0.05, 0) is 67.6 Å². The first-order chi connectivity index (χ1) is 20.0. The Hall–Kier alpha value is -4.55. The van der Waals surface area contributed by atoms with Crippen molar-refractivity contribution in [3.63, 3.8) is 0 Å². The molecule has 0 bridgehead atoms. The second kappa shape index (κ2) is 11.5. The molecule has 0 amide bonds. The monoisotopic (exact) mass is 547 g/mol. The Bertz CT molecular complexity index is 1770. The number of imidazole rings is 1. The molecule has 0 unspecified atom stereocenters. The quantitative estimate of drug-likeness (QED) is 0.276. The van der Waals surface area contributed by atoms with Crippen molar-refractivity contribution >= 4 is 16.8 Å². The predicted molar refractivity (Wildman–Crippen MR) is 158 cm³/mol. The van der Waals surface area contributed by atoms with Crippen LogP contribution >= 0.6 is 0 Å². The highest BCUT2D eigenvalue weighted by molar-refractivity contribution is 5.81. The zero-order valence-electron chi connectivity index (χ0n) is 23.4. The standard InChI is InChI=1S/C32H33N7O2/c1-22(2)19-37-11-8-23(9-12-37)21-41-27-17-34-31(35-18-27)26-5-3-4-25(14-26)20-39-30(40)10-13-38-29-15-24(16-33)6-7-28(29)36-32(38)39/h3-7,10,13-15,17-18,22-23H,8-9,11-12,19-21H2,1-2H3. The minimum Gasteiger partial charge on any atom is -0.490 e. The summed E-state index contributed by atoms with van der Waals surface area (Å²) in [6.45, 7) is 9.01. The third-order valence-corrected chi connectivity index (χ3v) is 7.64. The topological polar surface area (TPSA) is 101 Å². The minimum atomic E-state index is -0.151. The number of nitriles is 1. The second-order valence-electron chi connectivity index (χ2n) is 11.2. The van der Waals surface area contributed by atoms with Crippen LogP contribution in [0.1, 0.15) is 37.8 Å². The van der Waals surface area contributed by atoms with Crippen LogP contribution in [-0.4, -0.2) is 55.1 Å². The summed E-state index contributed by atoms with van der Waals surface area (Å²) in [7, 11) is 0. The SMILES string of the molecule is CC(C)CN1CCC(COc2cnc(-c3cccc(Cn4c(=O)ccn5c6cc(C#N)ccc6nc45)c3)nc2)CC1. The minimum absolute atomic E-state index is 0.151. The van der Waals surface area contributed by atoms with Gasteiger partial charge in [-0.25, -0.2) is 15.0 Å². The van der Waals surface area contributed by atoms with E-state index < -0.39 is 0 Å². The Morgan fingerprint density at radius 1 is 1.07 bits per heavy atom.